The van der Waals surface area contributed by atoms with Crippen LogP contribution in [0.15, 0.2) is 24.3 Å². The molecule has 0 saturated heterocycles. The molecule has 1 aromatic carbocycles. The molecule has 3 rings (SSSR count). The van der Waals surface area contributed by atoms with Crippen molar-refractivity contribution in [1.82, 2.24) is 5.32 Å². The minimum Gasteiger partial charge on any atom is -0.314 e. The zero-order chi connectivity index (χ0) is 12.4. The van der Waals surface area contributed by atoms with Crippen molar-refractivity contribution < 1.29 is 4.39 Å². The van der Waals surface area contributed by atoms with Crippen LogP contribution in [0, 0.1) is 11.7 Å². The van der Waals surface area contributed by atoms with Crippen LogP contribution in [0.4, 0.5) is 4.39 Å². The topological polar surface area (TPSA) is 12.0 Å². The molecule has 0 aromatic heterocycles. The third kappa shape index (κ3) is 2.74. The summed E-state index contributed by atoms with van der Waals surface area (Å²) in [6.45, 7) is 1.17. The second-order valence-corrected chi connectivity index (χ2v) is 5.96. The summed E-state index contributed by atoms with van der Waals surface area (Å²) < 4.78 is 13.1. The van der Waals surface area contributed by atoms with Gasteiger partial charge in [-0.05, 0) is 55.3 Å². The Labute approximate surface area is 109 Å². The van der Waals surface area contributed by atoms with E-state index in [1.165, 1.54) is 56.7 Å². The van der Waals surface area contributed by atoms with E-state index in [1.807, 2.05) is 6.07 Å². The van der Waals surface area contributed by atoms with Crippen LogP contribution in [0.25, 0.3) is 0 Å². The quantitative estimate of drug-likeness (QED) is 0.833. The van der Waals surface area contributed by atoms with Crippen LogP contribution in [0.1, 0.15) is 50.0 Å². The fraction of sp³-hybridized carbons (Fsp3) is 0.625. The largest absolute Gasteiger partial charge is 0.314 e. The second kappa shape index (κ2) is 5.40. The fourth-order valence-corrected chi connectivity index (χ4v) is 3.09. The molecular formula is C16H22FN. The molecular weight excluding hydrogens is 225 g/mol. The van der Waals surface area contributed by atoms with Gasteiger partial charge in [-0.2, -0.15) is 0 Å². The van der Waals surface area contributed by atoms with E-state index in [-0.39, 0.29) is 5.82 Å². The van der Waals surface area contributed by atoms with Gasteiger partial charge in [0, 0.05) is 6.04 Å². The lowest BCUT2D eigenvalue weighted by Gasteiger charge is -2.37. The summed E-state index contributed by atoms with van der Waals surface area (Å²) in [6.07, 6.45) is 8.02. The lowest BCUT2D eigenvalue weighted by molar-refractivity contribution is 0.254. The monoisotopic (exact) mass is 247 g/mol. The molecule has 0 radical (unpaired) electrons. The zero-order valence-corrected chi connectivity index (χ0v) is 10.9. The number of benzene rings is 1. The Hall–Kier alpha value is -0.890. The van der Waals surface area contributed by atoms with Crippen molar-refractivity contribution >= 4 is 0 Å². The fourth-order valence-electron chi connectivity index (χ4n) is 3.09. The smallest absolute Gasteiger partial charge is 0.123 e. The van der Waals surface area contributed by atoms with E-state index in [1.54, 1.807) is 6.07 Å². The maximum Gasteiger partial charge on any atom is 0.123 e. The molecule has 0 amide bonds. The van der Waals surface area contributed by atoms with Gasteiger partial charge in [0.05, 0.1) is 0 Å². The molecule has 1 N–H and O–H groups in total. The third-order valence-corrected chi connectivity index (χ3v) is 4.67. The first-order valence-corrected chi connectivity index (χ1v) is 7.30. The van der Waals surface area contributed by atoms with Gasteiger partial charge in [-0.3, -0.25) is 0 Å². The predicted octanol–water partition coefficient (Wildman–Crippen LogP) is 3.85. The number of rotatable bonds is 5. The van der Waals surface area contributed by atoms with Crippen LogP contribution in [0.5, 0.6) is 0 Å². The summed E-state index contributed by atoms with van der Waals surface area (Å²) in [5, 5.41) is 3.64. The highest BCUT2D eigenvalue weighted by Gasteiger charge is 2.30. The van der Waals surface area contributed by atoms with Crippen molar-refractivity contribution in [2.45, 2.75) is 50.5 Å². The van der Waals surface area contributed by atoms with Gasteiger partial charge in [0.25, 0.3) is 0 Å². The van der Waals surface area contributed by atoms with Crippen LogP contribution >= 0.6 is 0 Å². The Bertz CT molecular complexity index is 394. The van der Waals surface area contributed by atoms with Crippen molar-refractivity contribution in [1.29, 1.82) is 0 Å². The summed E-state index contributed by atoms with van der Waals surface area (Å²) in [5.74, 6) is 1.47. The molecule has 0 spiro atoms. The summed E-state index contributed by atoms with van der Waals surface area (Å²) in [5.41, 5.74) is 1.17. The van der Waals surface area contributed by atoms with Gasteiger partial charge in [0.15, 0.2) is 0 Å². The maximum absolute atomic E-state index is 13.1. The van der Waals surface area contributed by atoms with E-state index in [4.69, 9.17) is 0 Å². The Morgan fingerprint density at radius 1 is 1.22 bits per heavy atom. The molecule has 2 aliphatic carbocycles. The van der Waals surface area contributed by atoms with Crippen molar-refractivity contribution in [3.8, 4) is 0 Å². The maximum atomic E-state index is 13.1. The summed E-state index contributed by atoms with van der Waals surface area (Å²) >= 11 is 0. The summed E-state index contributed by atoms with van der Waals surface area (Å²) in [7, 11) is 0. The second-order valence-electron chi connectivity index (χ2n) is 5.96. The third-order valence-electron chi connectivity index (χ3n) is 4.67. The molecule has 0 bridgehead atoms. The van der Waals surface area contributed by atoms with Gasteiger partial charge in [-0.1, -0.05) is 31.4 Å². The first-order valence-electron chi connectivity index (χ1n) is 7.30. The Balaban J connectivity index is 1.37. The normalized spacial score (nSPS) is 27.6. The minimum atomic E-state index is -0.103. The first kappa shape index (κ1) is 12.2. The lowest BCUT2D eigenvalue weighted by atomic mass is 9.75. The lowest BCUT2D eigenvalue weighted by Crippen LogP contribution is -2.41. The molecule has 2 saturated carbocycles. The molecule has 1 aromatic rings. The van der Waals surface area contributed by atoms with Crippen LogP contribution in [-0.4, -0.2) is 12.6 Å². The van der Waals surface area contributed by atoms with Crippen molar-refractivity contribution in [2.24, 2.45) is 5.92 Å². The highest BCUT2D eigenvalue weighted by atomic mass is 19.1. The first-order chi connectivity index (χ1) is 8.81. The van der Waals surface area contributed by atoms with Crippen LogP contribution in [-0.2, 0) is 0 Å². The predicted molar refractivity (Wildman–Crippen MR) is 72.1 cm³/mol. The van der Waals surface area contributed by atoms with Gasteiger partial charge < -0.3 is 5.32 Å². The van der Waals surface area contributed by atoms with Crippen LogP contribution in [0.3, 0.4) is 0 Å². The van der Waals surface area contributed by atoms with Crippen LogP contribution < -0.4 is 5.32 Å². The molecule has 98 valence electrons. The van der Waals surface area contributed by atoms with E-state index in [2.05, 4.69) is 11.4 Å². The molecule has 2 aliphatic rings. The molecule has 0 aliphatic heterocycles. The minimum absolute atomic E-state index is 0.103. The van der Waals surface area contributed by atoms with E-state index in [9.17, 15) is 4.39 Å². The average molecular weight is 247 g/mol. The molecule has 0 heterocycles. The number of hydrogen-bond donors (Lipinski definition) is 1. The van der Waals surface area contributed by atoms with Crippen molar-refractivity contribution in [3.05, 3.63) is 35.6 Å². The standard InChI is InChI=1S/C16H22FN/c17-15-6-2-5-13(9-15)14-10-16(11-14)18-8-7-12-3-1-4-12/h2,5-6,9,12,14,16,18H,1,3-4,7-8,10-11H2. The van der Waals surface area contributed by atoms with Gasteiger partial charge in [-0.15, -0.1) is 0 Å². The Morgan fingerprint density at radius 3 is 2.72 bits per heavy atom. The highest BCUT2D eigenvalue weighted by Crippen LogP contribution is 2.37. The Kier molecular flexibility index (Phi) is 3.64. The van der Waals surface area contributed by atoms with Crippen LogP contribution in [0.2, 0.25) is 0 Å². The molecule has 1 nitrogen and oxygen atoms in total. The van der Waals surface area contributed by atoms with Gasteiger partial charge in [0.2, 0.25) is 0 Å². The molecule has 2 fully saturated rings. The Morgan fingerprint density at radius 2 is 2.06 bits per heavy atom. The number of hydrogen-bond acceptors (Lipinski definition) is 1. The van der Waals surface area contributed by atoms with Crippen molar-refractivity contribution in [3.63, 3.8) is 0 Å². The zero-order valence-electron chi connectivity index (χ0n) is 10.9. The average Bonchev–Trinajstić information content (AvgIpc) is 2.23. The molecule has 0 unspecified atom stereocenters. The summed E-state index contributed by atoms with van der Waals surface area (Å²) in [4.78, 5) is 0. The summed E-state index contributed by atoms with van der Waals surface area (Å²) in [6, 6.07) is 7.75. The van der Waals surface area contributed by atoms with E-state index < -0.39 is 0 Å². The van der Waals surface area contributed by atoms with Gasteiger partial charge in [0.1, 0.15) is 5.82 Å². The molecule has 2 heteroatoms. The van der Waals surface area contributed by atoms with E-state index >= 15 is 0 Å². The van der Waals surface area contributed by atoms with Gasteiger partial charge >= 0.3 is 0 Å². The number of nitrogens with one attached hydrogen (secondary N) is 1. The highest BCUT2D eigenvalue weighted by molar-refractivity contribution is 5.23. The van der Waals surface area contributed by atoms with E-state index in [0.717, 1.165) is 5.92 Å². The van der Waals surface area contributed by atoms with Crippen molar-refractivity contribution in [2.75, 3.05) is 6.54 Å². The number of halogens is 1. The SMILES string of the molecule is Fc1cccc(C2CC(NCCC3CCC3)C2)c1. The van der Waals surface area contributed by atoms with Gasteiger partial charge in [-0.25, -0.2) is 4.39 Å². The molecule has 0 atom stereocenters. The molecule has 18 heavy (non-hydrogen) atoms. The van der Waals surface area contributed by atoms with E-state index in [0.29, 0.717) is 12.0 Å².